The number of alkyl halides is 9. The van der Waals surface area contributed by atoms with Crippen molar-refractivity contribution in [1.29, 1.82) is 0 Å². The molecule has 0 N–H and O–H groups in total. The third-order valence-electron chi connectivity index (χ3n) is 8.96. The largest absolute Gasteiger partial charge is 0.534 e. The first kappa shape index (κ1) is 30.7. The summed E-state index contributed by atoms with van der Waals surface area (Å²) in [6.45, 7) is 0. The maximum Gasteiger partial charge on any atom is 0.534 e. The fourth-order valence-corrected chi connectivity index (χ4v) is 9.17. The van der Waals surface area contributed by atoms with E-state index in [9.17, 15) is 64.8 Å². The fourth-order valence-electron chi connectivity index (χ4n) is 7.62. The van der Waals surface area contributed by atoms with Crippen LogP contribution in [0.25, 0.3) is 0 Å². The molecular formula is C24H15F9O9S3. The van der Waals surface area contributed by atoms with Crippen LogP contribution in [0.3, 0.4) is 0 Å². The molecule has 0 aliphatic heterocycles. The minimum absolute atomic E-state index is 0.0218. The van der Waals surface area contributed by atoms with Gasteiger partial charge in [-0.25, -0.2) is 0 Å². The molecule has 246 valence electrons. The molecule has 45 heavy (non-hydrogen) atoms. The zero-order valence-electron chi connectivity index (χ0n) is 21.6. The van der Waals surface area contributed by atoms with Gasteiger partial charge in [0.1, 0.15) is 17.3 Å². The van der Waals surface area contributed by atoms with Gasteiger partial charge < -0.3 is 12.5 Å². The standard InChI is InChI=1S/C24H15F9O9S3/c25-22(26,27)43(34,35)40-13-4-7-1-10(13)19-16(7)20-11-3-9(6-14(11)41-44(36,37)23(28,29)30)18(20)21-12-2-8(17(19)21)5-15(12)42-45(38,39)24(31,32)33/h4-12H,1-3H2/t7-,8-,9-,10+,11+,12+/m0/s1. The molecule has 6 bridgehead atoms. The average Bonchev–Trinajstić information content (AvgIpc) is 3.68. The lowest BCUT2D eigenvalue weighted by Crippen LogP contribution is -2.28. The van der Waals surface area contributed by atoms with E-state index in [1.165, 1.54) is 0 Å². The van der Waals surface area contributed by atoms with Crippen molar-refractivity contribution in [3.63, 3.8) is 0 Å². The minimum atomic E-state index is -6.11. The number of hydrogen-bond acceptors (Lipinski definition) is 9. The first-order valence-corrected chi connectivity index (χ1v) is 17.1. The Labute approximate surface area is 247 Å². The second-order valence-corrected chi connectivity index (χ2v) is 15.9. The van der Waals surface area contributed by atoms with Crippen LogP contribution in [-0.2, 0) is 42.9 Å². The lowest BCUT2D eigenvalue weighted by molar-refractivity contribution is -0.0528. The van der Waals surface area contributed by atoms with Gasteiger partial charge in [0, 0.05) is 35.5 Å². The molecule has 6 atom stereocenters. The molecule has 7 rings (SSSR count). The fraction of sp³-hybridized carbons (Fsp3) is 0.500. The van der Waals surface area contributed by atoms with Crippen molar-refractivity contribution in [2.24, 2.45) is 0 Å². The number of rotatable bonds is 6. The van der Waals surface area contributed by atoms with Crippen LogP contribution in [0, 0.1) is 0 Å². The topological polar surface area (TPSA) is 130 Å². The molecule has 0 fully saturated rings. The third kappa shape index (κ3) is 4.14. The second-order valence-electron chi connectivity index (χ2n) is 11.3. The van der Waals surface area contributed by atoms with Crippen LogP contribution < -0.4 is 0 Å². The van der Waals surface area contributed by atoms with E-state index < -0.39 is 99.7 Å². The Bertz CT molecular complexity index is 1760. The molecule has 0 saturated heterocycles. The Morgan fingerprint density at radius 1 is 0.444 bits per heavy atom. The molecule has 9 nitrogen and oxygen atoms in total. The van der Waals surface area contributed by atoms with Gasteiger partial charge in [0.2, 0.25) is 0 Å². The maximum absolute atomic E-state index is 13.1. The summed E-state index contributed by atoms with van der Waals surface area (Å²) in [6.07, 6.45) is 3.31. The molecule has 0 heterocycles. The van der Waals surface area contributed by atoms with Crippen LogP contribution in [0.2, 0.25) is 0 Å². The molecule has 21 heteroatoms. The number of hydrogen-bond donors (Lipinski definition) is 0. The van der Waals surface area contributed by atoms with Crippen LogP contribution >= 0.6 is 0 Å². The summed E-state index contributed by atoms with van der Waals surface area (Å²) < 4.78 is 203. The summed E-state index contributed by atoms with van der Waals surface area (Å²) in [5.41, 5.74) is -15.4. The summed E-state index contributed by atoms with van der Waals surface area (Å²) in [7, 11) is -18.3. The maximum atomic E-state index is 13.1. The second kappa shape index (κ2) is 8.69. The molecule has 1 aromatic carbocycles. The van der Waals surface area contributed by atoms with Crippen molar-refractivity contribution < 1.29 is 77.3 Å². The Morgan fingerprint density at radius 3 is 0.867 bits per heavy atom. The normalized spacial score (nSPS) is 29.7. The van der Waals surface area contributed by atoms with Gasteiger partial charge in [-0.2, -0.15) is 64.8 Å². The van der Waals surface area contributed by atoms with Gasteiger partial charge in [-0.05, 0) is 70.9 Å². The van der Waals surface area contributed by atoms with Crippen LogP contribution in [-0.4, -0.2) is 41.8 Å². The highest BCUT2D eigenvalue weighted by atomic mass is 32.2. The van der Waals surface area contributed by atoms with Gasteiger partial charge in [-0.3, -0.25) is 0 Å². The first-order chi connectivity index (χ1) is 20.4. The van der Waals surface area contributed by atoms with E-state index in [1.54, 1.807) is 0 Å². The van der Waals surface area contributed by atoms with Gasteiger partial charge in [-0.1, -0.05) is 0 Å². The Kier molecular flexibility index (Phi) is 5.93. The van der Waals surface area contributed by atoms with Gasteiger partial charge >= 0.3 is 46.9 Å². The molecule has 0 spiro atoms. The van der Waals surface area contributed by atoms with Gasteiger partial charge in [0.05, 0.1) is 0 Å². The van der Waals surface area contributed by atoms with E-state index in [2.05, 4.69) is 12.5 Å². The third-order valence-corrected chi connectivity index (χ3v) is 11.9. The number of allylic oxidation sites excluding steroid dienone is 6. The van der Waals surface area contributed by atoms with Crippen LogP contribution in [0.5, 0.6) is 0 Å². The Morgan fingerprint density at radius 2 is 0.667 bits per heavy atom. The molecule has 6 aliphatic rings. The van der Waals surface area contributed by atoms with E-state index >= 15 is 0 Å². The Hall–Kier alpha value is -2.94. The minimum Gasteiger partial charge on any atom is -0.380 e. The molecule has 0 amide bonds. The van der Waals surface area contributed by atoms with E-state index in [4.69, 9.17) is 0 Å². The zero-order valence-corrected chi connectivity index (χ0v) is 24.1. The molecule has 0 radical (unpaired) electrons. The highest BCUT2D eigenvalue weighted by molar-refractivity contribution is 7.88. The summed E-state index contributed by atoms with van der Waals surface area (Å²) in [4.78, 5) is 0. The van der Waals surface area contributed by atoms with E-state index in [0.29, 0.717) is 16.7 Å². The number of fused-ring (bicyclic) bond motifs is 18. The van der Waals surface area contributed by atoms with Crippen LogP contribution in [0.4, 0.5) is 39.5 Å². The van der Waals surface area contributed by atoms with E-state index in [-0.39, 0.29) is 36.0 Å². The summed E-state index contributed by atoms with van der Waals surface area (Å²) in [5, 5.41) is 0. The Balaban J connectivity index is 1.37. The van der Waals surface area contributed by atoms with Crippen molar-refractivity contribution >= 4 is 30.4 Å². The van der Waals surface area contributed by atoms with Gasteiger partial charge in [0.25, 0.3) is 0 Å². The van der Waals surface area contributed by atoms with Crippen LogP contribution in [0.1, 0.15) is 88.2 Å². The van der Waals surface area contributed by atoms with Gasteiger partial charge in [0.15, 0.2) is 0 Å². The van der Waals surface area contributed by atoms with E-state index in [1.807, 2.05) is 0 Å². The summed E-state index contributed by atoms with van der Waals surface area (Å²) in [5.74, 6) is -7.54. The first-order valence-electron chi connectivity index (χ1n) is 12.8. The number of halogens is 9. The quantitative estimate of drug-likeness (QED) is 0.207. The molecule has 0 saturated carbocycles. The van der Waals surface area contributed by atoms with Crippen LogP contribution in [0.15, 0.2) is 35.5 Å². The lowest BCUT2D eigenvalue weighted by atomic mass is 9.75. The predicted octanol–water partition coefficient (Wildman–Crippen LogP) is 5.69. The van der Waals surface area contributed by atoms with Crippen molar-refractivity contribution in [1.82, 2.24) is 0 Å². The number of benzene rings is 1. The zero-order chi connectivity index (χ0) is 33.0. The molecule has 1 aromatic rings. The molecule has 0 aromatic heterocycles. The van der Waals surface area contributed by atoms with Gasteiger partial charge in [-0.15, -0.1) is 0 Å². The van der Waals surface area contributed by atoms with Crippen molar-refractivity contribution in [2.75, 3.05) is 0 Å². The van der Waals surface area contributed by atoms with Crippen molar-refractivity contribution in [3.05, 3.63) is 68.9 Å². The average molecular weight is 715 g/mol. The van der Waals surface area contributed by atoms with E-state index in [0.717, 1.165) is 18.2 Å². The van der Waals surface area contributed by atoms with Crippen molar-refractivity contribution in [3.8, 4) is 0 Å². The lowest BCUT2D eigenvalue weighted by Gasteiger charge is -2.32. The molecule has 6 aliphatic carbocycles. The molecule has 0 unspecified atom stereocenters. The van der Waals surface area contributed by atoms with Crippen molar-refractivity contribution in [2.45, 2.75) is 71.3 Å². The highest BCUT2D eigenvalue weighted by Crippen LogP contribution is 2.69. The highest BCUT2D eigenvalue weighted by Gasteiger charge is 2.59. The smallest absolute Gasteiger partial charge is 0.380 e. The molecular weight excluding hydrogens is 699 g/mol. The summed E-state index contributed by atoms with van der Waals surface area (Å²) in [6, 6.07) is 0. The monoisotopic (exact) mass is 714 g/mol. The predicted molar refractivity (Wildman–Crippen MR) is 129 cm³/mol. The summed E-state index contributed by atoms with van der Waals surface area (Å²) >= 11 is 0. The SMILES string of the molecule is O=S(=O)(OC1=C[C@@H]2C[C@H]1c1c2c2c(c3c1[C@@H]1C=C(OS(=O)(=O)C(F)(F)F)[C@H]3C1)[C@@H]1C=C(OS(=O)(=O)C(F)(F)F)[C@H]2C1)C(F)(F)F.